The van der Waals surface area contributed by atoms with Gasteiger partial charge in [0.1, 0.15) is 0 Å². The molecule has 2 aromatic heterocycles. The van der Waals surface area contributed by atoms with Gasteiger partial charge >= 0.3 is 0 Å². The average molecular weight is 429 g/mol. The van der Waals surface area contributed by atoms with Crippen LogP contribution in [0.2, 0.25) is 5.02 Å². The van der Waals surface area contributed by atoms with Gasteiger partial charge in [0, 0.05) is 24.6 Å². The standard InChI is InChI=1S/C14H13ClN6O4S2/c1-8(22)16-13-18-19-14(26-13)27(23,24)21(2)7-11-17-12(20-25-11)9-4-3-5-10(15)6-9/h3-6H,7H2,1-2H3,(H,16,18,22). The number of hydrogen-bond donors (Lipinski definition) is 1. The molecule has 0 aliphatic carbocycles. The van der Waals surface area contributed by atoms with Crippen LogP contribution in [0, 0.1) is 0 Å². The number of aromatic nitrogens is 4. The predicted octanol–water partition coefficient (Wildman–Crippen LogP) is 2.02. The summed E-state index contributed by atoms with van der Waals surface area (Å²) in [6.07, 6.45) is 0. The predicted molar refractivity (Wildman–Crippen MR) is 97.6 cm³/mol. The molecule has 0 atom stereocenters. The third-order valence-corrected chi connectivity index (χ3v) is 6.45. The van der Waals surface area contributed by atoms with Crippen molar-refractivity contribution in [3.05, 3.63) is 35.2 Å². The maximum atomic E-state index is 12.6. The van der Waals surface area contributed by atoms with E-state index in [0.717, 1.165) is 15.6 Å². The second-order valence-corrected chi connectivity index (χ2v) is 8.97. The maximum Gasteiger partial charge on any atom is 0.272 e. The van der Waals surface area contributed by atoms with Gasteiger partial charge < -0.3 is 9.84 Å². The minimum Gasteiger partial charge on any atom is -0.338 e. The molecule has 0 saturated heterocycles. The summed E-state index contributed by atoms with van der Waals surface area (Å²) in [5, 5.41) is 14.1. The second kappa shape index (κ2) is 7.68. The summed E-state index contributed by atoms with van der Waals surface area (Å²) in [5.74, 6) is 0.0210. The van der Waals surface area contributed by atoms with Gasteiger partial charge in [0.2, 0.25) is 27.1 Å². The molecule has 0 aliphatic rings. The number of amides is 1. The van der Waals surface area contributed by atoms with Crippen molar-refractivity contribution in [2.45, 2.75) is 17.8 Å². The molecule has 0 aliphatic heterocycles. The highest BCUT2D eigenvalue weighted by molar-refractivity contribution is 7.91. The van der Waals surface area contributed by atoms with Crippen molar-refractivity contribution in [3.63, 3.8) is 0 Å². The number of rotatable bonds is 6. The first-order valence-electron chi connectivity index (χ1n) is 7.41. The van der Waals surface area contributed by atoms with Gasteiger partial charge in [-0.15, -0.1) is 10.2 Å². The van der Waals surface area contributed by atoms with E-state index < -0.39 is 10.0 Å². The molecule has 1 aromatic carbocycles. The highest BCUT2D eigenvalue weighted by Gasteiger charge is 2.27. The van der Waals surface area contributed by atoms with E-state index in [4.69, 9.17) is 16.1 Å². The summed E-state index contributed by atoms with van der Waals surface area (Å²) < 4.78 is 31.0. The molecule has 0 unspecified atom stereocenters. The fourth-order valence-corrected chi connectivity index (χ4v) is 4.43. The van der Waals surface area contributed by atoms with E-state index in [-0.39, 0.29) is 27.8 Å². The lowest BCUT2D eigenvalue weighted by Crippen LogP contribution is -2.26. The van der Waals surface area contributed by atoms with Crippen LogP contribution in [0.25, 0.3) is 11.4 Å². The number of benzene rings is 1. The third-order valence-electron chi connectivity index (χ3n) is 3.23. The first-order chi connectivity index (χ1) is 12.8. The molecule has 0 spiro atoms. The molecule has 0 fully saturated rings. The zero-order valence-electron chi connectivity index (χ0n) is 14.1. The smallest absolute Gasteiger partial charge is 0.272 e. The Labute approximate surface area is 163 Å². The molecule has 1 amide bonds. The quantitative estimate of drug-likeness (QED) is 0.590. The monoisotopic (exact) mass is 428 g/mol. The number of carbonyl (C=O) groups is 1. The minimum absolute atomic E-state index is 0.0931. The van der Waals surface area contributed by atoms with E-state index in [1.54, 1.807) is 24.3 Å². The molecule has 0 radical (unpaired) electrons. The topological polar surface area (TPSA) is 131 Å². The Morgan fingerprint density at radius 1 is 1.37 bits per heavy atom. The van der Waals surface area contributed by atoms with Gasteiger partial charge in [-0.3, -0.25) is 4.79 Å². The van der Waals surface area contributed by atoms with Crippen molar-refractivity contribution in [2.24, 2.45) is 0 Å². The van der Waals surface area contributed by atoms with Gasteiger partial charge in [0.25, 0.3) is 10.0 Å². The Morgan fingerprint density at radius 2 is 2.15 bits per heavy atom. The summed E-state index contributed by atoms with van der Waals surface area (Å²) in [4.78, 5) is 15.2. The van der Waals surface area contributed by atoms with Gasteiger partial charge in [0.15, 0.2) is 0 Å². The van der Waals surface area contributed by atoms with Crippen molar-refractivity contribution in [1.82, 2.24) is 24.6 Å². The number of halogens is 1. The summed E-state index contributed by atoms with van der Waals surface area (Å²) in [6.45, 7) is 1.12. The second-order valence-electron chi connectivity index (χ2n) is 5.34. The first-order valence-corrected chi connectivity index (χ1v) is 10.0. The lowest BCUT2D eigenvalue weighted by molar-refractivity contribution is -0.114. The maximum absolute atomic E-state index is 12.6. The molecule has 10 nitrogen and oxygen atoms in total. The molecule has 27 heavy (non-hydrogen) atoms. The van der Waals surface area contributed by atoms with Gasteiger partial charge in [-0.1, -0.05) is 40.2 Å². The lowest BCUT2D eigenvalue weighted by Gasteiger charge is -2.11. The van der Waals surface area contributed by atoms with Crippen molar-refractivity contribution < 1.29 is 17.7 Å². The van der Waals surface area contributed by atoms with E-state index in [2.05, 4.69) is 25.7 Å². The normalized spacial score (nSPS) is 11.7. The van der Waals surface area contributed by atoms with Gasteiger partial charge in [-0.2, -0.15) is 9.29 Å². The van der Waals surface area contributed by atoms with E-state index in [1.807, 2.05) is 0 Å². The molecule has 0 bridgehead atoms. The molecule has 1 N–H and O–H groups in total. The molecule has 142 valence electrons. The fourth-order valence-electron chi connectivity index (χ4n) is 1.99. The number of carbonyl (C=O) groups excluding carboxylic acids is 1. The average Bonchev–Trinajstić information content (AvgIpc) is 3.24. The van der Waals surface area contributed by atoms with Crippen LogP contribution in [0.15, 0.2) is 33.1 Å². The number of nitrogens with zero attached hydrogens (tertiary/aromatic N) is 5. The number of hydrogen-bond acceptors (Lipinski definition) is 9. The van der Waals surface area contributed by atoms with Crippen molar-refractivity contribution >= 4 is 44.0 Å². The Balaban J connectivity index is 1.75. The van der Waals surface area contributed by atoms with Crippen LogP contribution >= 0.6 is 22.9 Å². The van der Waals surface area contributed by atoms with Crippen LogP contribution in [-0.4, -0.2) is 46.0 Å². The van der Waals surface area contributed by atoms with Crippen LogP contribution < -0.4 is 5.32 Å². The zero-order chi connectivity index (χ0) is 19.6. The molecule has 3 aromatic rings. The van der Waals surface area contributed by atoms with Crippen LogP contribution in [0.5, 0.6) is 0 Å². The molecule has 0 saturated carbocycles. The highest BCUT2D eigenvalue weighted by atomic mass is 35.5. The van der Waals surface area contributed by atoms with E-state index in [9.17, 15) is 13.2 Å². The lowest BCUT2D eigenvalue weighted by atomic mass is 10.2. The summed E-state index contributed by atoms with van der Waals surface area (Å²) >= 11 is 6.68. The number of anilines is 1. The fraction of sp³-hybridized carbons (Fsp3) is 0.214. The zero-order valence-corrected chi connectivity index (χ0v) is 16.5. The molecular formula is C14H13ClN6O4S2. The Bertz CT molecular complexity index is 1080. The van der Waals surface area contributed by atoms with Crippen LogP contribution in [-0.2, 0) is 21.4 Å². The SMILES string of the molecule is CC(=O)Nc1nnc(S(=O)(=O)N(C)Cc2nc(-c3cccc(Cl)c3)no2)s1. The van der Waals surface area contributed by atoms with Crippen molar-refractivity contribution in [2.75, 3.05) is 12.4 Å². The van der Waals surface area contributed by atoms with Gasteiger partial charge in [-0.05, 0) is 12.1 Å². The number of sulfonamides is 1. The van der Waals surface area contributed by atoms with E-state index in [1.165, 1.54) is 14.0 Å². The van der Waals surface area contributed by atoms with Crippen LogP contribution in [0.4, 0.5) is 5.13 Å². The van der Waals surface area contributed by atoms with Crippen molar-refractivity contribution in [3.8, 4) is 11.4 Å². The van der Waals surface area contributed by atoms with Gasteiger partial charge in [0.05, 0.1) is 6.54 Å². The molecular weight excluding hydrogens is 416 g/mol. The third kappa shape index (κ3) is 4.47. The minimum atomic E-state index is -3.94. The first kappa shape index (κ1) is 19.4. The van der Waals surface area contributed by atoms with Crippen molar-refractivity contribution in [1.29, 1.82) is 0 Å². The van der Waals surface area contributed by atoms with E-state index in [0.29, 0.717) is 16.4 Å². The Hall–Kier alpha value is -2.41. The Morgan fingerprint density at radius 3 is 2.85 bits per heavy atom. The van der Waals surface area contributed by atoms with E-state index >= 15 is 0 Å². The summed E-state index contributed by atoms with van der Waals surface area (Å²) in [7, 11) is -2.59. The highest BCUT2D eigenvalue weighted by Crippen LogP contribution is 2.24. The summed E-state index contributed by atoms with van der Waals surface area (Å²) in [5.41, 5.74) is 0.645. The molecule has 3 rings (SSSR count). The molecule has 2 heterocycles. The number of nitrogens with one attached hydrogen (secondary N) is 1. The van der Waals surface area contributed by atoms with Gasteiger partial charge in [-0.25, -0.2) is 8.42 Å². The largest absolute Gasteiger partial charge is 0.338 e. The molecule has 13 heteroatoms. The van der Waals surface area contributed by atoms with Crippen LogP contribution in [0.3, 0.4) is 0 Å². The Kier molecular flexibility index (Phi) is 5.51. The summed E-state index contributed by atoms with van der Waals surface area (Å²) in [6, 6.07) is 6.88. The van der Waals surface area contributed by atoms with Crippen LogP contribution in [0.1, 0.15) is 12.8 Å².